The van der Waals surface area contributed by atoms with Crippen molar-refractivity contribution in [3.05, 3.63) is 18.0 Å². The Morgan fingerprint density at radius 2 is 1.96 bits per heavy atom. The first kappa shape index (κ1) is 19.7. The quantitative estimate of drug-likeness (QED) is 0.784. The molecule has 1 aromatic heterocycles. The lowest BCUT2D eigenvalue weighted by atomic mass is 9.99. The molecule has 0 aliphatic carbocycles. The Morgan fingerprint density at radius 3 is 2.58 bits per heavy atom. The van der Waals surface area contributed by atoms with Crippen molar-refractivity contribution < 1.29 is 9.90 Å². The van der Waals surface area contributed by atoms with Gasteiger partial charge in [-0.3, -0.25) is 19.3 Å². The van der Waals surface area contributed by atoms with Crippen LogP contribution in [0.3, 0.4) is 0 Å². The molecule has 0 aromatic carbocycles. The Morgan fingerprint density at radius 1 is 1.27 bits per heavy atom. The molecule has 1 aromatic rings. The third-order valence-electron chi connectivity index (χ3n) is 5.56. The molecular weight excluding hydrogens is 348 g/mol. The van der Waals surface area contributed by atoms with Crippen LogP contribution >= 0.6 is 11.8 Å². The highest BCUT2D eigenvalue weighted by Gasteiger charge is 2.33. The van der Waals surface area contributed by atoms with E-state index in [9.17, 15) is 9.90 Å². The lowest BCUT2D eigenvalue weighted by Crippen LogP contribution is -2.49. The number of hydrogen-bond donors (Lipinski definition) is 1. The number of piperidine rings is 1. The van der Waals surface area contributed by atoms with Gasteiger partial charge in [0.15, 0.2) is 0 Å². The van der Waals surface area contributed by atoms with E-state index in [2.05, 4.69) is 28.7 Å². The predicted octanol–water partition coefficient (Wildman–Crippen LogP) is 2.57. The third kappa shape index (κ3) is 5.02. The van der Waals surface area contributed by atoms with E-state index in [1.54, 1.807) is 6.20 Å². The maximum atomic E-state index is 12.0. The average Bonchev–Trinajstić information content (AvgIpc) is 3.09. The molecule has 3 rings (SSSR count). The summed E-state index contributed by atoms with van der Waals surface area (Å²) >= 11 is 2.04. The first-order valence-corrected chi connectivity index (χ1v) is 11.0. The molecule has 146 valence electrons. The number of carboxylic acids is 1. The Bertz CT molecular complexity index is 578. The van der Waals surface area contributed by atoms with Gasteiger partial charge >= 0.3 is 5.97 Å². The van der Waals surface area contributed by atoms with Crippen molar-refractivity contribution in [2.45, 2.75) is 51.7 Å². The van der Waals surface area contributed by atoms with E-state index in [1.807, 2.05) is 22.6 Å². The van der Waals surface area contributed by atoms with Gasteiger partial charge in [0.1, 0.15) is 6.04 Å². The fourth-order valence-corrected chi connectivity index (χ4v) is 4.93. The van der Waals surface area contributed by atoms with Crippen molar-refractivity contribution in [2.24, 2.45) is 5.92 Å². The highest BCUT2D eigenvalue weighted by atomic mass is 32.2. The second kappa shape index (κ2) is 9.24. The van der Waals surface area contributed by atoms with Crippen LogP contribution in [0.1, 0.15) is 44.7 Å². The van der Waals surface area contributed by atoms with Gasteiger partial charge in [-0.1, -0.05) is 13.8 Å². The van der Waals surface area contributed by atoms with E-state index >= 15 is 0 Å². The summed E-state index contributed by atoms with van der Waals surface area (Å²) in [4.78, 5) is 16.7. The average molecular weight is 381 g/mol. The van der Waals surface area contributed by atoms with Crippen LogP contribution < -0.4 is 0 Å². The van der Waals surface area contributed by atoms with Crippen molar-refractivity contribution in [1.29, 1.82) is 0 Å². The molecule has 2 aliphatic rings. The molecule has 0 unspecified atom stereocenters. The fraction of sp³-hybridized carbons (Fsp3) is 0.789. The summed E-state index contributed by atoms with van der Waals surface area (Å²) in [6, 6.07) is 0.0519. The van der Waals surface area contributed by atoms with Gasteiger partial charge in [-0.05, 0) is 25.2 Å². The number of aromatic nitrogens is 2. The molecule has 0 saturated carbocycles. The zero-order valence-electron chi connectivity index (χ0n) is 16.0. The number of nitrogens with zero attached hydrogens (tertiary/aromatic N) is 4. The van der Waals surface area contributed by atoms with Gasteiger partial charge < -0.3 is 5.11 Å². The Hall–Kier alpha value is -1.05. The summed E-state index contributed by atoms with van der Waals surface area (Å²) in [6.07, 6.45) is 6.85. The van der Waals surface area contributed by atoms with E-state index in [0.29, 0.717) is 12.0 Å². The Labute approximate surface area is 160 Å². The zero-order chi connectivity index (χ0) is 18.5. The van der Waals surface area contributed by atoms with E-state index < -0.39 is 12.0 Å². The van der Waals surface area contributed by atoms with E-state index in [1.165, 1.54) is 24.6 Å². The van der Waals surface area contributed by atoms with Gasteiger partial charge in [0, 0.05) is 62.0 Å². The molecular formula is C19H32N4O2S. The molecule has 6 nitrogen and oxygen atoms in total. The molecule has 3 heterocycles. The number of carboxylic acid groups (broad SMARTS) is 1. The number of carbonyl (C=O) groups is 1. The Kier molecular flexibility index (Phi) is 7.00. The Balaban J connectivity index is 1.59. The van der Waals surface area contributed by atoms with Crippen LogP contribution in [-0.2, 0) is 11.3 Å². The smallest absolute Gasteiger partial charge is 0.325 e. The second-order valence-electron chi connectivity index (χ2n) is 7.88. The van der Waals surface area contributed by atoms with Crippen LogP contribution in [0.15, 0.2) is 12.4 Å². The number of thioether (sulfide) groups is 1. The molecule has 2 fully saturated rings. The van der Waals surface area contributed by atoms with Gasteiger partial charge in [-0.15, -0.1) is 0 Å². The molecule has 0 bridgehead atoms. The van der Waals surface area contributed by atoms with Crippen molar-refractivity contribution in [2.75, 3.05) is 37.7 Å². The van der Waals surface area contributed by atoms with Crippen LogP contribution in [0.2, 0.25) is 0 Å². The molecule has 0 radical (unpaired) electrons. The lowest BCUT2D eigenvalue weighted by Gasteiger charge is -2.41. The van der Waals surface area contributed by atoms with Gasteiger partial charge in [0.05, 0.1) is 6.20 Å². The minimum absolute atomic E-state index is 0.569. The summed E-state index contributed by atoms with van der Waals surface area (Å²) in [5, 5.41) is 14.2. The van der Waals surface area contributed by atoms with Crippen molar-refractivity contribution in [3.63, 3.8) is 0 Å². The summed E-state index contributed by atoms with van der Waals surface area (Å²) in [5.41, 5.74) is 0.814. The fourth-order valence-electron chi connectivity index (χ4n) is 3.99. The molecule has 2 aliphatic heterocycles. The number of likely N-dealkylation sites (tertiary alicyclic amines) is 1. The van der Waals surface area contributed by atoms with Gasteiger partial charge in [-0.25, -0.2) is 0 Å². The van der Waals surface area contributed by atoms with Crippen molar-refractivity contribution >= 4 is 17.7 Å². The third-order valence-corrected chi connectivity index (χ3v) is 6.51. The topological polar surface area (TPSA) is 61.6 Å². The number of aryl methyl sites for hydroxylation is 1. The van der Waals surface area contributed by atoms with Crippen LogP contribution in [0.25, 0.3) is 0 Å². The molecule has 1 atom stereocenters. The highest BCUT2D eigenvalue weighted by molar-refractivity contribution is 7.99. The van der Waals surface area contributed by atoms with E-state index in [0.717, 1.165) is 44.5 Å². The second-order valence-corrected chi connectivity index (χ2v) is 9.10. The molecule has 2 saturated heterocycles. The number of hydrogen-bond acceptors (Lipinski definition) is 5. The highest BCUT2D eigenvalue weighted by Crippen LogP contribution is 2.27. The predicted molar refractivity (Wildman–Crippen MR) is 106 cm³/mol. The van der Waals surface area contributed by atoms with Gasteiger partial charge in [0.2, 0.25) is 0 Å². The van der Waals surface area contributed by atoms with E-state index in [4.69, 9.17) is 0 Å². The zero-order valence-corrected chi connectivity index (χ0v) is 16.8. The lowest BCUT2D eigenvalue weighted by molar-refractivity contribution is -0.144. The van der Waals surface area contributed by atoms with E-state index in [-0.39, 0.29) is 0 Å². The monoisotopic (exact) mass is 380 g/mol. The standard InChI is InChI=1S/C19H32N4O2S/c1-15(2)3-8-23-14-16(13-20-23)18(19(24)25)22-6-4-17(5-7-22)21-9-11-26-12-10-21/h13-15,17-18H,3-12H2,1-2H3,(H,24,25)/t18-/m0/s1. The number of rotatable bonds is 7. The summed E-state index contributed by atoms with van der Waals surface area (Å²) in [7, 11) is 0. The maximum absolute atomic E-state index is 12.0. The minimum atomic E-state index is -0.763. The molecule has 7 heteroatoms. The summed E-state index contributed by atoms with van der Waals surface area (Å²) in [6.45, 7) is 9.29. The van der Waals surface area contributed by atoms with Crippen molar-refractivity contribution in [3.8, 4) is 0 Å². The normalized spacial score (nSPS) is 22.0. The largest absolute Gasteiger partial charge is 0.480 e. The molecule has 26 heavy (non-hydrogen) atoms. The summed E-state index contributed by atoms with van der Waals surface area (Å²) < 4.78 is 1.89. The summed E-state index contributed by atoms with van der Waals surface area (Å²) in [5.74, 6) is 2.31. The number of aliphatic carboxylic acids is 1. The van der Waals surface area contributed by atoms with Crippen LogP contribution in [0.5, 0.6) is 0 Å². The maximum Gasteiger partial charge on any atom is 0.325 e. The molecule has 0 amide bonds. The SMILES string of the molecule is CC(C)CCn1cc([C@@H](C(=O)O)N2CCC(N3CCSCC3)CC2)cn1. The van der Waals surface area contributed by atoms with Crippen LogP contribution in [-0.4, -0.2) is 74.4 Å². The van der Waals surface area contributed by atoms with Gasteiger partial charge in [-0.2, -0.15) is 16.9 Å². The van der Waals surface area contributed by atoms with Gasteiger partial charge in [0.25, 0.3) is 0 Å². The molecule has 1 N–H and O–H groups in total. The van der Waals surface area contributed by atoms with Crippen LogP contribution in [0, 0.1) is 5.92 Å². The minimum Gasteiger partial charge on any atom is -0.480 e. The van der Waals surface area contributed by atoms with Crippen LogP contribution in [0.4, 0.5) is 0 Å². The molecule has 0 spiro atoms. The van der Waals surface area contributed by atoms with Crippen molar-refractivity contribution in [1.82, 2.24) is 19.6 Å². The first-order valence-electron chi connectivity index (χ1n) is 9.85. The first-order chi connectivity index (χ1) is 12.5.